The van der Waals surface area contributed by atoms with Gasteiger partial charge < -0.3 is 0 Å². The zero-order valence-electron chi connectivity index (χ0n) is 12.5. The molecule has 0 aromatic rings. The highest BCUT2D eigenvalue weighted by molar-refractivity contribution is 7.23. The standard InChI is InChI=1S/C11H30Si4/c1-12-11(13(2,3)4,14(5,6)7)15(8,9)10/h1-10H3. The Kier molecular flexibility index (Phi) is 4.52. The molecule has 0 N–H and O–H groups in total. The highest BCUT2D eigenvalue weighted by Gasteiger charge is 2.58. The van der Waals surface area contributed by atoms with Gasteiger partial charge >= 0.3 is 0 Å². The van der Waals surface area contributed by atoms with E-state index in [-0.39, 0.29) is 0 Å². The minimum Gasteiger partial charge on any atom is -0.0735 e. The first-order valence-electron chi connectivity index (χ1n) is 6.00. The Balaban J connectivity index is 5.78. The van der Waals surface area contributed by atoms with E-state index in [1.807, 2.05) is 0 Å². The lowest BCUT2D eigenvalue weighted by Gasteiger charge is -2.59. The molecule has 0 nitrogen and oxygen atoms in total. The third-order valence-electron chi connectivity index (χ3n) is 3.75. The molecule has 0 aromatic heterocycles. The molecule has 0 saturated heterocycles. The molecule has 15 heavy (non-hydrogen) atoms. The highest BCUT2D eigenvalue weighted by Crippen LogP contribution is 2.52. The summed E-state index contributed by atoms with van der Waals surface area (Å²) in [6, 6.07) is 0. The van der Waals surface area contributed by atoms with Gasteiger partial charge in [0.2, 0.25) is 0 Å². The molecular formula is C11H30Si4. The molecule has 0 aliphatic heterocycles. The van der Waals surface area contributed by atoms with Gasteiger partial charge in [0.1, 0.15) is 0 Å². The van der Waals surface area contributed by atoms with E-state index in [9.17, 15) is 0 Å². The Morgan fingerprint density at radius 1 is 0.600 bits per heavy atom. The second-order valence-corrected chi connectivity index (χ2v) is 27.8. The predicted octanol–water partition coefficient (Wildman–Crippen LogP) is 4.53. The Bertz CT molecular complexity index is 178. The Hall–Kier alpha value is 0.868. The van der Waals surface area contributed by atoms with E-state index < -0.39 is 24.2 Å². The first kappa shape index (κ1) is 15.9. The Labute approximate surface area is 103 Å². The normalized spacial score (nSPS) is 15.6. The van der Waals surface area contributed by atoms with E-state index >= 15 is 0 Å². The summed E-state index contributed by atoms with van der Waals surface area (Å²) in [6.45, 7) is 26.0. The maximum absolute atomic E-state index is 2.61. The molecule has 0 unspecified atom stereocenters. The van der Waals surface area contributed by atoms with Crippen molar-refractivity contribution in [1.82, 2.24) is 0 Å². The molecule has 0 bridgehead atoms. The second-order valence-electron chi connectivity index (χ2n) is 7.75. The number of hydrogen-bond donors (Lipinski definition) is 0. The van der Waals surface area contributed by atoms with Crippen LogP contribution < -0.4 is 0 Å². The van der Waals surface area contributed by atoms with Crippen molar-refractivity contribution >= 4 is 33.7 Å². The van der Waals surface area contributed by atoms with Crippen LogP contribution in [0, 0.1) is 0 Å². The van der Waals surface area contributed by atoms with Gasteiger partial charge in [-0.25, -0.2) is 0 Å². The molecule has 0 spiro atoms. The van der Waals surface area contributed by atoms with Crippen LogP contribution in [0.25, 0.3) is 0 Å². The predicted molar refractivity (Wildman–Crippen MR) is 84.3 cm³/mol. The van der Waals surface area contributed by atoms with Gasteiger partial charge in [0.25, 0.3) is 0 Å². The van der Waals surface area contributed by atoms with Crippen LogP contribution in [0.4, 0.5) is 0 Å². The van der Waals surface area contributed by atoms with Gasteiger partial charge in [0.05, 0.1) is 0 Å². The van der Waals surface area contributed by atoms with Crippen LogP contribution >= 0.6 is 0 Å². The quantitative estimate of drug-likeness (QED) is 0.661. The van der Waals surface area contributed by atoms with Crippen LogP contribution in [0.15, 0.2) is 0 Å². The third kappa shape index (κ3) is 2.58. The minimum atomic E-state index is -1.07. The summed E-state index contributed by atoms with van der Waals surface area (Å²) in [4.78, 5) is 0. The van der Waals surface area contributed by atoms with Gasteiger partial charge in [-0.1, -0.05) is 69.4 Å². The summed E-state index contributed by atoms with van der Waals surface area (Å²) in [5.74, 6) is 0. The molecule has 0 saturated carbocycles. The van der Waals surface area contributed by atoms with Crippen LogP contribution in [0.2, 0.25) is 69.4 Å². The fourth-order valence-electron chi connectivity index (χ4n) is 4.50. The smallest absolute Gasteiger partial charge is 0.0421 e. The summed E-state index contributed by atoms with van der Waals surface area (Å²) in [7, 11) is -2.06. The summed E-state index contributed by atoms with van der Waals surface area (Å²) in [5, 5.41) is 0. The van der Waals surface area contributed by atoms with Gasteiger partial charge in [-0.05, 0) is 0 Å². The Morgan fingerprint density at radius 2 is 0.800 bits per heavy atom. The fourth-order valence-corrected chi connectivity index (χ4v) is 40.5. The van der Waals surface area contributed by atoms with Crippen LogP contribution in [0.5, 0.6) is 0 Å². The van der Waals surface area contributed by atoms with Crippen molar-refractivity contribution in [3.05, 3.63) is 0 Å². The zero-order valence-corrected chi connectivity index (χ0v) is 16.5. The molecule has 0 atom stereocenters. The molecule has 0 aliphatic carbocycles. The molecule has 0 heterocycles. The third-order valence-corrected chi connectivity index (χ3v) is 33.8. The maximum atomic E-state index is 2.61. The minimum absolute atomic E-state index is 0.799. The lowest BCUT2D eigenvalue weighted by molar-refractivity contribution is 1.23. The molecule has 90 valence electrons. The average Bonchev–Trinajstić information content (AvgIpc) is 1.76. The molecule has 0 aliphatic rings. The molecule has 0 fully saturated rings. The lowest BCUT2D eigenvalue weighted by Crippen LogP contribution is -2.68. The first-order chi connectivity index (χ1) is 6.31. The molecule has 0 aromatic carbocycles. The number of rotatable bonds is 4. The fraction of sp³-hybridized carbons (Fsp3) is 1.00. The lowest BCUT2D eigenvalue weighted by atomic mass is 11.6. The van der Waals surface area contributed by atoms with Gasteiger partial charge in [0, 0.05) is 33.7 Å². The van der Waals surface area contributed by atoms with Crippen LogP contribution in [-0.4, -0.2) is 33.7 Å². The van der Waals surface area contributed by atoms with Crippen molar-refractivity contribution in [3.8, 4) is 0 Å². The molecule has 4 heteroatoms. The monoisotopic (exact) mass is 274 g/mol. The molecule has 0 amide bonds. The summed E-state index contributed by atoms with van der Waals surface area (Å²) in [6.07, 6.45) is 0. The van der Waals surface area contributed by atoms with Crippen molar-refractivity contribution in [2.75, 3.05) is 0 Å². The van der Waals surface area contributed by atoms with Gasteiger partial charge in [-0.3, -0.25) is 0 Å². The van der Waals surface area contributed by atoms with Crippen LogP contribution in [0.1, 0.15) is 0 Å². The largest absolute Gasteiger partial charge is 0.0735 e. The van der Waals surface area contributed by atoms with Crippen molar-refractivity contribution < 1.29 is 0 Å². The molecule has 0 rings (SSSR count). The average molecular weight is 275 g/mol. The Morgan fingerprint density at radius 3 is 0.800 bits per heavy atom. The summed E-state index contributed by atoms with van der Waals surface area (Å²) >= 11 is 0. The SMILES string of the molecule is C[Si]C([Si](C)(C)C)([Si](C)(C)C)[Si](C)(C)C. The van der Waals surface area contributed by atoms with Crippen LogP contribution in [-0.2, 0) is 0 Å². The topological polar surface area (TPSA) is 0 Å². The van der Waals surface area contributed by atoms with Gasteiger partial charge in [0.15, 0.2) is 0 Å². The first-order valence-corrected chi connectivity index (χ1v) is 18.0. The van der Waals surface area contributed by atoms with Crippen molar-refractivity contribution in [1.29, 1.82) is 0 Å². The second kappa shape index (κ2) is 4.27. The number of hydrogen-bond acceptors (Lipinski definition) is 0. The van der Waals surface area contributed by atoms with Crippen molar-refractivity contribution in [2.45, 2.75) is 69.4 Å². The van der Waals surface area contributed by atoms with E-state index in [1.54, 1.807) is 0 Å². The summed E-state index contributed by atoms with van der Waals surface area (Å²) in [5.41, 5.74) is 0. The van der Waals surface area contributed by atoms with Crippen LogP contribution in [0.3, 0.4) is 0 Å². The van der Waals surface area contributed by atoms with E-state index in [0.717, 1.165) is 13.4 Å². The maximum Gasteiger partial charge on any atom is 0.0421 e. The van der Waals surface area contributed by atoms with Gasteiger partial charge in [-0.15, -0.1) is 0 Å². The van der Waals surface area contributed by atoms with Crippen molar-refractivity contribution in [2.24, 2.45) is 0 Å². The van der Waals surface area contributed by atoms with Gasteiger partial charge in [-0.2, -0.15) is 0 Å². The highest BCUT2D eigenvalue weighted by atomic mass is 28.5. The zero-order chi connectivity index (χ0) is 12.7. The van der Waals surface area contributed by atoms with E-state index in [0.29, 0.717) is 0 Å². The molecule has 2 radical (unpaired) electrons. The van der Waals surface area contributed by atoms with E-state index in [2.05, 4.69) is 65.5 Å². The van der Waals surface area contributed by atoms with Crippen molar-refractivity contribution in [3.63, 3.8) is 0 Å². The van der Waals surface area contributed by atoms with E-state index in [4.69, 9.17) is 0 Å². The molecular weight excluding hydrogens is 244 g/mol. The van der Waals surface area contributed by atoms with E-state index in [1.165, 1.54) is 0 Å². The summed E-state index contributed by atoms with van der Waals surface area (Å²) < 4.78 is 0.799.